The Labute approximate surface area is 122 Å². The lowest BCUT2D eigenvalue weighted by atomic mass is 10.2. The zero-order chi connectivity index (χ0) is 15.0. The molecule has 0 unspecified atom stereocenters. The third-order valence-electron chi connectivity index (χ3n) is 2.47. The van der Waals surface area contributed by atoms with Gasteiger partial charge in [0, 0.05) is 5.75 Å². The molecular weight excluding hydrogens is 278 g/mol. The predicted molar refractivity (Wildman–Crippen MR) is 79.4 cm³/mol. The van der Waals surface area contributed by atoms with Crippen LogP contribution in [-0.4, -0.2) is 40.6 Å². The maximum atomic E-state index is 11.9. The highest BCUT2D eigenvalue weighted by molar-refractivity contribution is 7.98. The van der Waals surface area contributed by atoms with Crippen LogP contribution in [0.3, 0.4) is 0 Å². The molecule has 0 aliphatic heterocycles. The molecule has 0 atom stereocenters. The highest BCUT2D eigenvalue weighted by atomic mass is 32.2. The number of rotatable bonds is 5. The van der Waals surface area contributed by atoms with E-state index in [0.29, 0.717) is 12.3 Å². The van der Waals surface area contributed by atoms with Crippen LogP contribution in [0.2, 0.25) is 0 Å². The molecule has 20 heavy (non-hydrogen) atoms. The molecule has 0 aliphatic rings. The monoisotopic (exact) mass is 297 g/mol. The molecule has 4 amide bonds. The van der Waals surface area contributed by atoms with Crippen molar-refractivity contribution in [3.63, 3.8) is 0 Å². The van der Waals surface area contributed by atoms with Gasteiger partial charge in [0.2, 0.25) is 0 Å². The van der Waals surface area contributed by atoms with E-state index in [1.807, 2.05) is 36.6 Å². The van der Waals surface area contributed by atoms with Gasteiger partial charge in [0.25, 0.3) is 0 Å². The average Bonchev–Trinajstić information content (AvgIpc) is 2.43. The molecule has 0 aromatic heterocycles. The first-order valence-electron chi connectivity index (χ1n) is 5.97. The summed E-state index contributed by atoms with van der Waals surface area (Å²) in [5, 5.41) is 2.04. The fraction of sp³-hybridized carbons (Fsp3) is 0.333. The summed E-state index contributed by atoms with van der Waals surface area (Å²) in [6.45, 7) is 0.559. The Morgan fingerprint density at radius 2 is 1.95 bits per heavy atom. The average molecular weight is 297 g/mol. The fourth-order valence-electron chi connectivity index (χ4n) is 1.44. The van der Waals surface area contributed by atoms with Crippen LogP contribution in [0.25, 0.3) is 0 Å². The van der Waals surface area contributed by atoms with E-state index in [2.05, 4.69) is 5.43 Å². The summed E-state index contributed by atoms with van der Waals surface area (Å²) in [4.78, 5) is 23.0. The topological polar surface area (TPSA) is 105 Å². The van der Waals surface area contributed by atoms with Gasteiger partial charge in [-0.1, -0.05) is 30.3 Å². The van der Waals surface area contributed by atoms with E-state index in [9.17, 15) is 9.59 Å². The van der Waals surface area contributed by atoms with Crippen LogP contribution < -0.4 is 17.0 Å². The van der Waals surface area contributed by atoms with Crippen LogP contribution in [0.1, 0.15) is 5.56 Å². The highest BCUT2D eigenvalue weighted by Crippen LogP contribution is 2.01. The second-order valence-corrected chi connectivity index (χ2v) is 5.00. The van der Waals surface area contributed by atoms with E-state index in [-0.39, 0.29) is 6.54 Å². The number of nitrogens with zero attached hydrogens (tertiary/aromatic N) is 2. The van der Waals surface area contributed by atoms with E-state index in [4.69, 9.17) is 11.6 Å². The number of benzene rings is 1. The Kier molecular flexibility index (Phi) is 6.68. The van der Waals surface area contributed by atoms with Crippen LogP contribution in [0.15, 0.2) is 30.3 Å². The van der Waals surface area contributed by atoms with Gasteiger partial charge >= 0.3 is 12.1 Å². The molecule has 5 N–H and O–H groups in total. The lowest BCUT2D eigenvalue weighted by Crippen LogP contribution is -2.55. The van der Waals surface area contributed by atoms with Crippen molar-refractivity contribution in [1.29, 1.82) is 0 Å². The van der Waals surface area contributed by atoms with Crippen molar-refractivity contribution in [1.82, 2.24) is 15.4 Å². The SMILES string of the molecule is CSCCN(NC(=O)N(N)Cc1ccccc1)C(N)=O. The molecule has 0 radical (unpaired) electrons. The minimum absolute atomic E-state index is 0.238. The van der Waals surface area contributed by atoms with Crippen LogP contribution in [-0.2, 0) is 6.54 Å². The van der Waals surface area contributed by atoms with Gasteiger partial charge in [-0.3, -0.25) is 5.01 Å². The van der Waals surface area contributed by atoms with E-state index in [1.54, 1.807) is 0 Å². The van der Waals surface area contributed by atoms with Crippen molar-refractivity contribution in [3.05, 3.63) is 35.9 Å². The van der Waals surface area contributed by atoms with Crippen molar-refractivity contribution in [3.8, 4) is 0 Å². The van der Waals surface area contributed by atoms with Crippen LogP contribution in [0.4, 0.5) is 9.59 Å². The third kappa shape index (κ3) is 5.37. The van der Waals surface area contributed by atoms with Crippen molar-refractivity contribution in [2.45, 2.75) is 6.54 Å². The van der Waals surface area contributed by atoms with Gasteiger partial charge in [0.15, 0.2) is 0 Å². The first kappa shape index (κ1) is 16.1. The summed E-state index contributed by atoms with van der Waals surface area (Å²) in [5.74, 6) is 6.32. The Hall–Kier alpha value is -1.93. The molecule has 110 valence electrons. The zero-order valence-corrected chi connectivity index (χ0v) is 12.1. The molecule has 7 nitrogen and oxygen atoms in total. The number of primary amides is 1. The minimum atomic E-state index is -0.722. The maximum Gasteiger partial charge on any atom is 0.350 e. The second-order valence-electron chi connectivity index (χ2n) is 4.01. The smallest absolute Gasteiger partial charge is 0.350 e. The zero-order valence-electron chi connectivity index (χ0n) is 11.3. The number of amides is 4. The summed E-state index contributed by atoms with van der Waals surface area (Å²) >= 11 is 1.54. The van der Waals surface area contributed by atoms with Gasteiger partial charge in [-0.15, -0.1) is 0 Å². The lowest BCUT2D eigenvalue weighted by Gasteiger charge is -2.24. The van der Waals surface area contributed by atoms with E-state index >= 15 is 0 Å². The van der Waals surface area contributed by atoms with E-state index in [1.165, 1.54) is 11.8 Å². The second kappa shape index (κ2) is 8.28. The maximum absolute atomic E-state index is 11.9. The van der Waals surface area contributed by atoms with Crippen LogP contribution in [0.5, 0.6) is 0 Å². The number of thioether (sulfide) groups is 1. The van der Waals surface area contributed by atoms with Crippen molar-refractivity contribution in [2.75, 3.05) is 18.6 Å². The number of hydrogen-bond acceptors (Lipinski definition) is 4. The summed E-state index contributed by atoms with van der Waals surface area (Å²) < 4.78 is 0. The third-order valence-corrected chi connectivity index (χ3v) is 3.06. The molecule has 1 aromatic rings. The van der Waals surface area contributed by atoms with Gasteiger partial charge in [-0.25, -0.2) is 25.9 Å². The Balaban J connectivity index is 2.53. The molecule has 0 saturated heterocycles. The predicted octanol–water partition coefficient (Wildman–Crippen LogP) is 0.731. The molecule has 0 saturated carbocycles. The van der Waals surface area contributed by atoms with Crippen LogP contribution >= 0.6 is 11.8 Å². The standard InChI is InChI=1S/C12H19N5O2S/c1-20-8-7-17(11(13)18)15-12(19)16(14)9-10-5-3-2-4-6-10/h2-6H,7-9,14H2,1H3,(H2,13,18)(H,15,19). The number of nitrogens with one attached hydrogen (secondary N) is 1. The fourth-order valence-corrected chi connectivity index (χ4v) is 1.80. The first-order valence-corrected chi connectivity index (χ1v) is 7.36. The number of hydrazine groups is 2. The van der Waals surface area contributed by atoms with Gasteiger partial charge in [0.1, 0.15) is 0 Å². The Morgan fingerprint density at radius 1 is 1.30 bits per heavy atom. The first-order chi connectivity index (χ1) is 9.54. The quantitative estimate of drug-likeness (QED) is 0.423. The van der Waals surface area contributed by atoms with Crippen molar-refractivity contribution < 1.29 is 9.59 Å². The van der Waals surface area contributed by atoms with E-state index < -0.39 is 12.1 Å². The number of carbonyl (C=O) groups is 2. The molecule has 0 bridgehead atoms. The number of hydrogen-bond donors (Lipinski definition) is 3. The molecule has 1 aromatic carbocycles. The summed E-state index contributed by atoms with van der Waals surface area (Å²) in [6.07, 6.45) is 1.89. The summed E-state index contributed by atoms with van der Waals surface area (Å²) in [6, 6.07) is 7.99. The molecule has 0 fully saturated rings. The number of carbonyl (C=O) groups excluding carboxylic acids is 2. The molecule has 0 aliphatic carbocycles. The van der Waals surface area contributed by atoms with Crippen molar-refractivity contribution >= 4 is 23.8 Å². The summed E-state index contributed by atoms with van der Waals surface area (Å²) in [7, 11) is 0. The summed E-state index contributed by atoms with van der Waals surface area (Å²) in [5.41, 5.74) is 8.45. The number of nitrogens with two attached hydrogens (primary N) is 2. The molecule has 0 spiro atoms. The minimum Gasteiger partial charge on any atom is -0.350 e. The van der Waals surface area contributed by atoms with Crippen LogP contribution in [0, 0.1) is 0 Å². The normalized spacial score (nSPS) is 9.90. The molecule has 8 heteroatoms. The van der Waals surface area contributed by atoms with Gasteiger partial charge < -0.3 is 5.73 Å². The van der Waals surface area contributed by atoms with Crippen molar-refractivity contribution in [2.24, 2.45) is 11.6 Å². The van der Waals surface area contributed by atoms with Gasteiger partial charge in [-0.05, 0) is 11.8 Å². The highest BCUT2D eigenvalue weighted by Gasteiger charge is 2.16. The molecular formula is C12H19N5O2S. The van der Waals surface area contributed by atoms with E-state index in [0.717, 1.165) is 15.6 Å². The Bertz CT molecular complexity index is 443. The lowest BCUT2D eigenvalue weighted by molar-refractivity contribution is 0.153. The molecule has 1 rings (SSSR count). The largest absolute Gasteiger partial charge is 0.350 e. The Morgan fingerprint density at radius 3 is 2.50 bits per heavy atom. The van der Waals surface area contributed by atoms with Gasteiger partial charge in [0.05, 0.1) is 13.1 Å². The molecule has 0 heterocycles. The number of urea groups is 2. The van der Waals surface area contributed by atoms with Gasteiger partial charge in [-0.2, -0.15) is 11.8 Å².